The van der Waals surface area contributed by atoms with Gasteiger partial charge in [-0.3, -0.25) is 9.78 Å². The zero-order valence-corrected chi connectivity index (χ0v) is 10.2. The number of aldehydes is 1. The Balaban J connectivity index is 1.84. The summed E-state index contributed by atoms with van der Waals surface area (Å²) in [5.74, 6) is 0.677. The van der Waals surface area contributed by atoms with E-state index in [1.54, 1.807) is 0 Å². The van der Waals surface area contributed by atoms with Gasteiger partial charge in [0.05, 0.1) is 0 Å². The Morgan fingerprint density at radius 1 is 1.00 bits per heavy atom. The first-order valence-corrected chi connectivity index (χ1v) is 6.38. The van der Waals surface area contributed by atoms with Crippen LogP contribution in [0, 0.1) is 0 Å². The number of benzene rings is 1. The average molecular weight is 237 g/mol. The molecule has 1 aromatic heterocycles. The van der Waals surface area contributed by atoms with Gasteiger partial charge in [0.1, 0.15) is 6.29 Å². The van der Waals surface area contributed by atoms with E-state index >= 15 is 0 Å². The molecule has 1 fully saturated rings. The molecule has 0 amide bonds. The van der Waals surface area contributed by atoms with Crippen molar-refractivity contribution >= 4 is 6.29 Å². The van der Waals surface area contributed by atoms with E-state index < -0.39 is 0 Å². The van der Waals surface area contributed by atoms with Gasteiger partial charge in [-0.15, -0.1) is 0 Å². The van der Waals surface area contributed by atoms with Crippen LogP contribution in [0.15, 0.2) is 42.6 Å². The van der Waals surface area contributed by atoms with Crippen molar-refractivity contribution in [2.24, 2.45) is 0 Å². The van der Waals surface area contributed by atoms with E-state index in [0.717, 1.165) is 17.4 Å². The predicted molar refractivity (Wildman–Crippen MR) is 71.7 cm³/mol. The molecule has 2 nitrogen and oxygen atoms in total. The number of carbonyl (C=O) groups excluding carboxylic acids is 1. The normalized spacial score (nSPS) is 15.1. The molecule has 1 aliphatic carbocycles. The van der Waals surface area contributed by atoms with Crippen molar-refractivity contribution in [3.05, 3.63) is 53.9 Å². The Kier molecular flexibility index (Phi) is 2.93. The van der Waals surface area contributed by atoms with E-state index in [4.69, 9.17) is 0 Å². The van der Waals surface area contributed by atoms with E-state index in [9.17, 15) is 4.79 Å². The smallest absolute Gasteiger partial charge is 0.150 e. The van der Waals surface area contributed by atoms with Crippen LogP contribution in [-0.4, -0.2) is 11.3 Å². The lowest BCUT2D eigenvalue weighted by Gasteiger charge is -2.24. The number of rotatable bonds is 3. The molecule has 18 heavy (non-hydrogen) atoms. The minimum Gasteiger partial charge on any atom is -0.298 e. The summed E-state index contributed by atoms with van der Waals surface area (Å²) in [4.78, 5) is 15.2. The minimum absolute atomic E-state index is 0.677. The van der Waals surface area contributed by atoms with Gasteiger partial charge < -0.3 is 0 Å². The third-order valence-electron chi connectivity index (χ3n) is 3.69. The zero-order valence-electron chi connectivity index (χ0n) is 10.2. The Bertz CT molecular complexity index is 538. The van der Waals surface area contributed by atoms with Crippen LogP contribution in [0.3, 0.4) is 0 Å². The van der Waals surface area contributed by atoms with Crippen molar-refractivity contribution < 1.29 is 4.79 Å². The van der Waals surface area contributed by atoms with Crippen molar-refractivity contribution in [1.29, 1.82) is 0 Å². The lowest BCUT2D eigenvalue weighted by atomic mass is 9.82. The van der Waals surface area contributed by atoms with Gasteiger partial charge in [0, 0.05) is 28.9 Å². The molecule has 0 unspecified atom stereocenters. The van der Waals surface area contributed by atoms with E-state index in [1.807, 2.05) is 30.5 Å². The van der Waals surface area contributed by atoms with E-state index in [-0.39, 0.29) is 0 Å². The zero-order chi connectivity index (χ0) is 12.4. The maximum atomic E-state index is 10.6. The quantitative estimate of drug-likeness (QED) is 0.759. The van der Waals surface area contributed by atoms with Gasteiger partial charge in [-0.25, -0.2) is 0 Å². The van der Waals surface area contributed by atoms with Gasteiger partial charge in [-0.05, 0) is 24.5 Å². The van der Waals surface area contributed by atoms with Gasteiger partial charge in [0.15, 0.2) is 0 Å². The second kappa shape index (κ2) is 4.73. The summed E-state index contributed by atoms with van der Waals surface area (Å²) in [5, 5.41) is 0. The van der Waals surface area contributed by atoms with Crippen LogP contribution in [0.4, 0.5) is 0 Å². The molecular weight excluding hydrogens is 222 g/mol. The summed E-state index contributed by atoms with van der Waals surface area (Å²) in [5.41, 5.74) is 4.14. The fraction of sp³-hybridized carbons (Fsp3) is 0.250. The molecule has 0 aliphatic heterocycles. The maximum Gasteiger partial charge on any atom is 0.150 e. The average Bonchev–Trinajstić information content (AvgIpc) is 2.38. The fourth-order valence-electron chi connectivity index (χ4n) is 2.28. The third-order valence-corrected chi connectivity index (χ3v) is 3.69. The summed E-state index contributed by atoms with van der Waals surface area (Å²) in [6.07, 6.45) is 6.69. The molecule has 1 aromatic carbocycles. The summed E-state index contributed by atoms with van der Waals surface area (Å²) >= 11 is 0. The van der Waals surface area contributed by atoms with Crippen molar-refractivity contribution in [2.75, 3.05) is 0 Å². The Morgan fingerprint density at radius 2 is 1.72 bits per heavy atom. The molecule has 0 spiro atoms. The molecule has 0 atom stereocenters. The number of hydrogen-bond acceptors (Lipinski definition) is 2. The Morgan fingerprint density at radius 3 is 2.22 bits per heavy atom. The highest BCUT2D eigenvalue weighted by atomic mass is 16.1. The van der Waals surface area contributed by atoms with E-state index in [1.165, 1.54) is 25.0 Å². The van der Waals surface area contributed by atoms with Crippen LogP contribution in [0.5, 0.6) is 0 Å². The van der Waals surface area contributed by atoms with Crippen LogP contribution in [0.25, 0.3) is 11.1 Å². The van der Waals surface area contributed by atoms with Crippen LogP contribution >= 0.6 is 0 Å². The molecular formula is C16H15NO. The molecule has 1 saturated carbocycles. The van der Waals surface area contributed by atoms with Gasteiger partial charge in [0.25, 0.3) is 0 Å². The maximum absolute atomic E-state index is 10.6. The monoisotopic (exact) mass is 237 g/mol. The number of pyridine rings is 1. The third kappa shape index (κ3) is 2.06. The lowest BCUT2D eigenvalue weighted by Crippen LogP contribution is -2.10. The summed E-state index contributed by atoms with van der Waals surface area (Å²) in [6.45, 7) is 0. The number of carbonyl (C=O) groups is 1. The van der Waals surface area contributed by atoms with Gasteiger partial charge in [0.2, 0.25) is 0 Å². The molecule has 90 valence electrons. The second-order valence-corrected chi connectivity index (χ2v) is 4.84. The molecule has 3 rings (SSSR count). The second-order valence-electron chi connectivity index (χ2n) is 4.84. The van der Waals surface area contributed by atoms with Crippen LogP contribution in [0.2, 0.25) is 0 Å². The molecule has 1 heterocycles. The van der Waals surface area contributed by atoms with Crippen molar-refractivity contribution in [2.45, 2.75) is 25.2 Å². The molecule has 2 heteroatoms. The first-order valence-electron chi connectivity index (χ1n) is 6.38. The minimum atomic E-state index is 0.677. The SMILES string of the molecule is O=Cc1ccc(-c2ccc(C3CCC3)nc2)cc1. The van der Waals surface area contributed by atoms with Crippen molar-refractivity contribution in [3.8, 4) is 11.1 Å². The Hall–Kier alpha value is -1.96. The van der Waals surface area contributed by atoms with Gasteiger partial charge in [-0.1, -0.05) is 36.8 Å². The highest BCUT2D eigenvalue weighted by Crippen LogP contribution is 2.35. The predicted octanol–water partition coefficient (Wildman–Crippen LogP) is 3.83. The first-order chi connectivity index (χ1) is 8.86. The fourth-order valence-corrected chi connectivity index (χ4v) is 2.28. The molecule has 0 saturated heterocycles. The van der Waals surface area contributed by atoms with Crippen molar-refractivity contribution in [1.82, 2.24) is 4.98 Å². The summed E-state index contributed by atoms with van der Waals surface area (Å²) in [6, 6.07) is 11.8. The van der Waals surface area contributed by atoms with E-state index in [2.05, 4.69) is 17.1 Å². The molecule has 0 N–H and O–H groups in total. The number of nitrogens with zero attached hydrogens (tertiary/aromatic N) is 1. The first kappa shape index (κ1) is 11.1. The largest absolute Gasteiger partial charge is 0.298 e. The molecule has 1 aliphatic rings. The standard InChI is InChI=1S/C16H15NO/c18-11-12-4-6-13(7-5-12)15-8-9-16(17-10-15)14-2-1-3-14/h4-11,14H,1-3H2. The van der Waals surface area contributed by atoms with Crippen LogP contribution < -0.4 is 0 Å². The van der Waals surface area contributed by atoms with Gasteiger partial charge >= 0.3 is 0 Å². The number of aromatic nitrogens is 1. The summed E-state index contributed by atoms with van der Waals surface area (Å²) < 4.78 is 0. The van der Waals surface area contributed by atoms with Gasteiger partial charge in [-0.2, -0.15) is 0 Å². The highest BCUT2D eigenvalue weighted by Gasteiger charge is 2.20. The lowest BCUT2D eigenvalue weighted by molar-refractivity contribution is 0.112. The van der Waals surface area contributed by atoms with Crippen molar-refractivity contribution in [3.63, 3.8) is 0 Å². The number of hydrogen-bond donors (Lipinski definition) is 0. The Labute approximate surface area is 107 Å². The van der Waals surface area contributed by atoms with Crippen LogP contribution in [-0.2, 0) is 0 Å². The topological polar surface area (TPSA) is 30.0 Å². The molecule has 2 aromatic rings. The van der Waals surface area contributed by atoms with Crippen LogP contribution in [0.1, 0.15) is 41.2 Å². The van der Waals surface area contributed by atoms with E-state index in [0.29, 0.717) is 11.5 Å². The summed E-state index contributed by atoms with van der Waals surface area (Å²) in [7, 11) is 0. The molecule has 0 bridgehead atoms. The molecule has 0 radical (unpaired) electrons. The highest BCUT2D eigenvalue weighted by molar-refractivity contribution is 5.76.